The lowest BCUT2D eigenvalue weighted by atomic mass is 10.3. The fourth-order valence-corrected chi connectivity index (χ4v) is 3.17. The van der Waals surface area contributed by atoms with Crippen molar-refractivity contribution in [3.8, 4) is 5.75 Å². The van der Waals surface area contributed by atoms with Crippen LogP contribution in [0.2, 0.25) is 0 Å². The molecule has 0 radical (unpaired) electrons. The molecule has 0 N–H and O–H groups in total. The largest absolute Gasteiger partial charge is 0.491 e. The Bertz CT molecular complexity index is 522. The maximum absolute atomic E-state index is 13.5. The topological polar surface area (TPSA) is 43.4 Å². The zero-order valence-corrected chi connectivity index (χ0v) is 13.4. The molecule has 0 fully saturated rings. The first kappa shape index (κ1) is 16.1. The Hall–Kier alpha value is 0.0200. The summed E-state index contributed by atoms with van der Waals surface area (Å²) in [6.45, 7) is 2.45. The summed E-state index contributed by atoms with van der Waals surface area (Å²) in [4.78, 5) is -0.564. The van der Waals surface area contributed by atoms with E-state index in [0.29, 0.717) is 11.1 Å². The molecule has 102 valence electrons. The van der Waals surface area contributed by atoms with E-state index >= 15 is 0 Å². The molecule has 1 aromatic carbocycles. The van der Waals surface area contributed by atoms with Crippen molar-refractivity contribution in [3.63, 3.8) is 0 Å². The smallest absolute Gasteiger partial charge is 0.264 e. The van der Waals surface area contributed by atoms with Crippen LogP contribution in [0.25, 0.3) is 0 Å². The van der Waals surface area contributed by atoms with Gasteiger partial charge < -0.3 is 4.74 Å². The van der Waals surface area contributed by atoms with E-state index in [2.05, 4.69) is 15.9 Å². The number of thioether (sulfide) groups is 1. The van der Waals surface area contributed by atoms with Gasteiger partial charge in [-0.3, -0.25) is 0 Å². The molecule has 0 saturated carbocycles. The number of benzene rings is 1. The molecule has 3 nitrogen and oxygen atoms in total. The quantitative estimate of drug-likeness (QED) is 0.561. The van der Waals surface area contributed by atoms with Gasteiger partial charge in [0.15, 0.2) is 0 Å². The van der Waals surface area contributed by atoms with Gasteiger partial charge in [-0.25, -0.2) is 12.8 Å². The number of rotatable bonds is 6. The van der Waals surface area contributed by atoms with Gasteiger partial charge in [-0.2, -0.15) is 11.8 Å². The zero-order chi connectivity index (χ0) is 13.8. The molecule has 0 unspecified atom stereocenters. The van der Waals surface area contributed by atoms with Gasteiger partial charge in [-0.05, 0) is 27.7 Å². The minimum absolute atomic E-state index is 0.258. The Labute approximate surface area is 123 Å². The van der Waals surface area contributed by atoms with E-state index in [1.165, 1.54) is 0 Å². The van der Waals surface area contributed by atoms with E-state index in [-0.39, 0.29) is 5.75 Å². The molecular formula is C10H11BrClFO3S2. The predicted octanol–water partition coefficient (Wildman–Crippen LogP) is 3.65. The lowest BCUT2D eigenvalue weighted by Gasteiger charge is -2.09. The highest BCUT2D eigenvalue weighted by Crippen LogP contribution is 2.31. The van der Waals surface area contributed by atoms with Gasteiger partial charge in [0.1, 0.15) is 16.5 Å². The van der Waals surface area contributed by atoms with Crippen LogP contribution in [-0.4, -0.2) is 26.5 Å². The van der Waals surface area contributed by atoms with Crippen LogP contribution in [0.3, 0.4) is 0 Å². The lowest BCUT2D eigenvalue weighted by Crippen LogP contribution is -2.03. The first-order valence-corrected chi connectivity index (χ1v) is 9.26. The van der Waals surface area contributed by atoms with E-state index in [0.717, 1.165) is 23.6 Å². The van der Waals surface area contributed by atoms with Gasteiger partial charge in [-0.1, -0.05) is 6.92 Å². The second kappa shape index (κ2) is 6.98. The first-order chi connectivity index (χ1) is 8.36. The minimum atomic E-state index is -4.09. The normalized spacial score (nSPS) is 11.6. The third kappa shape index (κ3) is 4.60. The summed E-state index contributed by atoms with van der Waals surface area (Å²) in [7, 11) is 1.01. The zero-order valence-electron chi connectivity index (χ0n) is 9.45. The molecule has 1 aromatic rings. The van der Waals surface area contributed by atoms with E-state index in [9.17, 15) is 12.8 Å². The van der Waals surface area contributed by atoms with E-state index in [1.54, 1.807) is 11.8 Å². The first-order valence-electron chi connectivity index (χ1n) is 5.00. The average molecular weight is 378 g/mol. The van der Waals surface area contributed by atoms with Crippen molar-refractivity contribution in [2.45, 2.75) is 11.8 Å². The molecule has 18 heavy (non-hydrogen) atoms. The molecule has 0 bridgehead atoms. The molecule has 1 rings (SSSR count). The van der Waals surface area contributed by atoms with Gasteiger partial charge >= 0.3 is 0 Å². The van der Waals surface area contributed by atoms with Gasteiger partial charge in [-0.15, -0.1) is 0 Å². The molecule has 0 amide bonds. The van der Waals surface area contributed by atoms with Crippen molar-refractivity contribution in [2.75, 3.05) is 18.1 Å². The molecule has 8 heteroatoms. The monoisotopic (exact) mass is 376 g/mol. The van der Waals surface area contributed by atoms with Crippen LogP contribution in [0.5, 0.6) is 5.75 Å². The van der Waals surface area contributed by atoms with Crippen LogP contribution in [0.15, 0.2) is 21.5 Å². The van der Waals surface area contributed by atoms with Crippen LogP contribution < -0.4 is 4.74 Å². The van der Waals surface area contributed by atoms with Gasteiger partial charge in [0.05, 0.1) is 11.1 Å². The second-order valence-electron chi connectivity index (χ2n) is 3.20. The van der Waals surface area contributed by atoms with Crippen LogP contribution in [0.4, 0.5) is 4.39 Å². The summed E-state index contributed by atoms with van der Waals surface area (Å²) >= 11 is 4.82. The molecule has 0 saturated heterocycles. The highest BCUT2D eigenvalue weighted by molar-refractivity contribution is 9.10. The minimum Gasteiger partial charge on any atom is -0.491 e. The SMILES string of the molecule is CCSCCOc1cc(F)c(S(=O)(=O)Cl)cc1Br. The van der Waals surface area contributed by atoms with Crippen LogP contribution in [0.1, 0.15) is 6.92 Å². The molecule has 0 aromatic heterocycles. The van der Waals surface area contributed by atoms with Crippen LogP contribution in [-0.2, 0) is 9.05 Å². The highest BCUT2D eigenvalue weighted by Gasteiger charge is 2.19. The van der Waals surface area contributed by atoms with Crippen molar-refractivity contribution in [1.29, 1.82) is 0 Å². The van der Waals surface area contributed by atoms with Crippen LogP contribution >= 0.6 is 38.4 Å². The van der Waals surface area contributed by atoms with Crippen molar-refractivity contribution in [2.24, 2.45) is 0 Å². The van der Waals surface area contributed by atoms with Crippen molar-refractivity contribution >= 4 is 47.4 Å². The summed E-state index contributed by atoms with van der Waals surface area (Å²) in [6, 6.07) is 2.11. The number of ether oxygens (including phenoxy) is 1. The molecule has 0 spiro atoms. The summed E-state index contributed by atoms with van der Waals surface area (Å²) in [6.07, 6.45) is 0. The summed E-state index contributed by atoms with van der Waals surface area (Å²) < 4.78 is 41.4. The molecule has 0 atom stereocenters. The average Bonchev–Trinajstić information content (AvgIpc) is 2.27. The summed E-state index contributed by atoms with van der Waals surface area (Å²) in [5.74, 6) is 1.09. The summed E-state index contributed by atoms with van der Waals surface area (Å²) in [5, 5.41) is 0. The van der Waals surface area contributed by atoms with Gasteiger partial charge in [0, 0.05) is 22.5 Å². The third-order valence-electron chi connectivity index (χ3n) is 1.94. The predicted molar refractivity (Wildman–Crippen MR) is 75.6 cm³/mol. The third-order valence-corrected chi connectivity index (χ3v) is 4.76. The molecule has 0 aliphatic heterocycles. The number of halogens is 3. The van der Waals surface area contributed by atoms with Crippen LogP contribution in [0, 0.1) is 5.82 Å². The second-order valence-corrected chi connectivity index (χ2v) is 7.98. The standard InChI is InChI=1S/C10H11BrClFO3S2/c1-2-17-4-3-16-9-6-8(13)10(5-7(9)11)18(12,14)15/h5-6H,2-4H2,1H3. The van der Waals surface area contributed by atoms with Gasteiger partial charge in [0.2, 0.25) is 0 Å². The Kier molecular flexibility index (Phi) is 6.23. The maximum Gasteiger partial charge on any atom is 0.264 e. The number of hydrogen-bond acceptors (Lipinski definition) is 4. The van der Waals surface area contributed by atoms with Gasteiger partial charge in [0.25, 0.3) is 9.05 Å². The molecule has 0 aliphatic carbocycles. The van der Waals surface area contributed by atoms with E-state index < -0.39 is 19.8 Å². The fourth-order valence-electron chi connectivity index (χ4n) is 1.16. The Morgan fingerprint density at radius 1 is 1.50 bits per heavy atom. The number of hydrogen-bond donors (Lipinski definition) is 0. The van der Waals surface area contributed by atoms with Crippen molar-refractivity contribution in [3.05, 3.63) is 22.4 Å². The van der Waals surface area contributed by atoms with E-state index in [4.69, 9.17) is 15.4 Å². The Morgan fingerprint density at radius 2 is 2.17 bits per heavy atom. The molecular weight excluding hydrogens is 367 g/mol. The van der Waals surface area contributed by atoms with E-state index in [1.807, 2.05) is 6.92 Å². The molecule has 0 heterocycles. The highest BCUT2D eigenvalue weighted by atomic mass is 79.9. The van der Waals surface area contributed by atoms with Crippen molar-refractivity contribution in [1.82, 2.24) is 0 Å². The lowest BCUT2D eigenvalue weighted by molar-refractivity contribution is 0.339. The fraction of sp³-hybridized carbons (Fsp3) is 0.400. The maximum atomic E-state index is 13.5. The Balaban J connectivity index is 2.87. The Morgan fingerprint density at radius 3 is 2.72 bits per heavy atom. The summed E-state index contributed by atoms with van der Waals surface area (Å²) in [5.41, 5.74) is 0. The van der Waals surface area contributed by atoms with Crippen molar-refractivity contribution < 1.29 is 17.5 Å². The molecule has 0 aliphatic rings.